The van der Waals surface area contributed by atoms with Crippen molar-refractivity contribution in [3.63, 3.8) is 0 Å². The van der Waals surface area contributed by atoms with Crippen molar-refractivity contribution >= 4 is 17.7 Å². The Labute approximate surface area is 145 Å². The number of rotatable bonds is 6. The van der Waals surface area contributed by atoms with Gasteiger partial charge < -0.3 is 20.5 Å². The molecule has 0 saturated carbocycles. The van der Waals surface area contributed by atoms with E-state index in [2.05, 4.69) is 10.6 Å². The van der Waals surface area contributed by atoms with Crippen LogP contribution in [-0.4, -0.2) is 29.8 Å². The Bertz CT molecular complexity index is 748. The lowest BCUT2D eigenvalue weighted by Crippen LogP contribution is -2.42. The molecular formula is C19H20N2O4. The van der Waals surface area contributed by atoms with Gasteiger partial charge in [0.25, 0.3) is 0 Å². The number of carbonyl (C=O) groups is 2. The fourth-order valence-corrected chi connectivity index (χ4v) is 2.98. The maximum atomic E-state index is 11.9. The summed E-state index contributed by atoms with van der Waals surface area (Å²) in [5.74, 6) is -1.03. The third-order valence-electron chi connectivity index (χ3n) is 4.26. The van der Waals surface area contributed by atoms with Crippen LogP contribution >= 0.6 is 0 Å². The standard InChI is InChI=1S/C19H20N2O4/c22-18(23)17(10-14-11-20-16-9-5-4-8-15(14)16)21-19(24)25-12-13-6-2-1-3-7-13/h1-9,14,17,20H,10-12H2,(H,21,24)(H,22,23)/t14-,17-/m0/s1. The maximum Gasteiger partial charge on any atom is 0.408 e. The van der Waals surface area contributed by atoms with Crippen LogP contribution in [0.1, 0.15) is 23.5 Å². The SMILES string of the molecule is O=C(N[C@@H](C[C@H]1CNc2ccccc21)C(=O)O)OCc1ccccc1. The highest BCUT2D eigenvalue weighted by molar-refractivity contribution is 5.80. The zero-order valence-electron chi connectivity index (χ0n) is 13.6. The van der Waals surface area contributed by atoms with Gasteiger partial charge in [-0.15, -0.1) is 0 Å². The van der Waals surface area contributed by atoms with Gasteiger partial charge in [-0.25, -0.2) is 9.59 Å². The number of carboxylic acid groups (broad SMARTS) is 1. The van der Waals surface area contributed by atoms with Crippen LogP contribution in [0.4, 0.5) is 10.5 Å². The van der Waals surface area contributed by atoms with Crippen molar-refractivity contribution in [2.45, 2.75) is 25.0 Å². The molecule has 2 atom stereocenters. The second kappa shape index (κ2) is 7.70. The van der Waals surface area contributed by atoms with Crippen LogP contribution in [0.25, 0.3) is 0 Å². The average Bonchev–Trinajstić information content (AvgIpc) is 3.03. The van der Waals surface area contributed by atoms with Crippen molar-refractivity contribution in [2.24, 2.45) is 0 Å². The number of para-hydroxylation sites is 1. The van der Waals surface area contributed by atoms with Crippen molar-refractivity contribution in [2.75, 3.05) is 11.9 Å². The molecule has 2 aromatic rings. The van der Waals surface area contributed by atoms with Gasteiger partial charge in [0.15, 0.2) is 0 Å². The zero-order valence-corrected chi connectivity index (χ0v) is 13.6. The molecule has 6 heteroatoms. The number of aliphatic carboxylic acids is 1. The molecule has 0 spiro atoms. The van der Waals surface area contributed by atoms with E-state index in [0.29, 0.717) is 13.0 Å². The predicted octanol–water partition coefficient (Wildman–Crippen LogP) is 2.97. The van der Waals surface area contributed by atoms with Gasteiger partial charge >= 0.3 is 12.1 Å². The minimum atomic E-state index is -1.07. The number of hydrogen-bond donors (Lipinski definition) is 3. The summed E-state index contributed by atoms with van der Waals surface area (Å²) >= 11 is 0. The zero-order chi connectivity index (χ0) is 17.6. The van der Waals surface area contributed by atoms with Crippen LogP contribution in [-0.2, 0) is 16.1 Å². The fraction of sp³-hybridized carbons (Fsp3) is 0.263. The van der Waals surface area contributed by atoms with E-state index in [0.717, 1.165) is 16.8 Å². The quantitative estimate of drug-likeness (QED) is 0.752. The molecule has 2 aromatic carbocycles. The number of hydrogen-bond acceptors (Lipinski definition) is 4. The van der Waals surface area contributed by atoms with E-state index in [1.54, 1.807) is 0 Å². The van der Waals surface area contributed by atoms with Gasteiger partial charge in [-0.3, -0.25) is 0 Å². The number of carbonyl (C=O) groups excluding carboxylic acids is 1. The molecule has 1 amide bonds. The van der Waals surface area contributed by atoms with Crippen molar-refractivity contribution in [3.05, 3.63) is 65.7 Å². The predicted molar refractivity (Wildman–Crippen MR) is 93.5 cm³/mol. The van der Waals surface area contributed by atoms with Crippen molar-refractivity contribution in [3.8, 4) is 0 Å². The molecule has 25 heavy (non-hydrogen) atoms. The van der Waals surface area contributed by atoms with E-state index in [1.165, 1.54) is 0 Å². The van der Waals surface area contributed by atoms with E-state index < -0.39 is 18.1 Å². The molecule has 1 heterocycles. The summed E-state index contributed by atoms with van der Waals surface area (Å²) in [6, 6.07) is 16.0. The first-order valence-corrected chi connectivity index (χ1v) is 8.16. The van der Waals surface area contributed by atoms with Gasteiger partial charge in [-0.05, 0) is 23.6 Å². The smallest absolute Gasteiger partial charge is 0.408 e. The van der Waals surface area contributed by atoms with E-state index in [9.17, 15) is 14.7 Å². The topological polar surface area (TPSA) is 87.7 Å². The highest BCUT2D eigenvalue weighted by atomic mass is 16.5. The molecule has 0 aromatic heterocycles. The number of alkyl carbamates (subject to hydrolysis) is 1. The normalized spacial score (nSPS) is 16.4. The average molecular weight is 340 g/mol. The number of benzene rings is 2. The Morgan fingerprint density at radius 2 is 1.88 bits per heavy atom. The molecule has 0 unspecified atom stereocenters. The minimum Gasteiger partial charge on any atom is -0.480 e. The van der Waals surface area contributed by atoms with Crippen molar-refractivity contribution in [1.82, 2.24) is 5.32 Å². The van der Waals surface area contributed by atoms with E-state index >= 15 is 0 Å². The molecule has 6 nitrogen and oxygen atoms in total. The largest absolute Gasteiger partial charge is 0.480 e. The molecule has 1 aliphatic heterocycles. The van der Waals surface area contributed by atoms with Crippen LogP contribution in [0, 0.1) is 0 Å². The van der Waals surface area contributed by atoms with Crippen LogP contribution in [0.15, 0.2) is 54.6 Å². The lowest BCUT2D eigenvalue weighted by atomic mass is 9.94. The van der Waals surface area contributed by atoms with Gasteiger partial charge in [0.1, 0.15) is 12.6 Å². The summed E-state index contributed by atoms with van der Waals surface area (Å²) in [6.45, 7) is 0.761. The van der Waals surface area contributed by atoms with Gasteiger partial charge in [0.05, 0.1) is 0 Å². The Balaban J connectivity index is 1.57. The van der Waals surface area contributed by atoms with E-state index in [-0.39, 0.29) is 12.5 Å². The molecule has 0 saturated heterocycles. The van der Waals surface area contributed by atoms with Gasteiger partial charge in [0.2, 0.25) is 0 Å². The molecular weight excluding hydrogens is 320 g/mol. The number of nitrogens with one attached hydrogen (secondary N) is 2. The molecule has 0 aliphatic carbocycles. The number of amides is 1. The van der Waals surface area contributed by atoms with Crippen LogP contribution < -0.4 is 10.6 Å². The van der Waals surface area contributed by atoms with Crippen molar-refractivity contribution in [1.29, 1.82) is 0 Å². The lowest BCUT2D eigenvalue weighted by molar-refractivity contribution is -0.139. The number of ether oxygens (including phenoxy) is 1. The molecule has 3 rings (SSSR count). The third-order valence-corrected chi connectivity index (χ3v) is 4.26. The first-order chi connectivity index (χ1) is 12.1. The highest BCUT2D eigenvalue weighted by Gasteiger charge is 2.29. The van der Waals surface area contributed by atoms with Gasteiger partial charge in [-0.1, -0.05) is 48.5 Å². The monoisotopic (exact) mass is 340 g/mol. The molecule has 130 valence electrons. The first kappa shape index (κ1) is 16.8. The van der Waals surface area contributed by atoms with Crippen LogP contribution in [0.5, 0.6) is 0 Å². The summed E-state index contributed by atoms with van der Waals surface area (Å²) in [4.78, 5) is 23.5. The molecule has 0 fully saturated rings. The number of fused-ring (bicyclic) bond motifs is 1. The highest BCUT2D eigenvalue weighted by Crippen LogP contribution is 2.33. The number of anilines is 1. The Kier molecular flexibility index (Phi) is 5.18. The molecule has 0 radical (unpaired) electrons. The molecule has 3 N–H and O–H groups in total. The molecule has 1 aliphatic rings. The van der Waals surface area contributed by atoms with Crippen molar-refractivity contribution < 1.29 is 19.4 Å². The second-order valence-corrected chi connectivity index (χ2v) is 6.00. The third kappa shape index (κ3) is 4.29. The summed E-state index contributed by atoms with van der Waals surface area (Å²) in [7, 11) is 0. The first-order valence-electron chi connectivity index (χ1n) is 8.16. The Hall–Kier alpha value is -3.02. The van der Waals surface area contributed by atoms with E-state index in [4.69, 9.17) is 4.74 Å². The molecule has 0 bridgehead atoms. The fourth-order valence-electron chi connectivity index (χ4n) is 2.98. The van der Waals surface area contributed by atoms with Crippen LogP contribution in [0.3, 0.4) is 0 Å². The van der Waals surface area contributed by atoms with E-state index in [1.807, 2.05) is 54.6 Å². The van der Waals surface area contributed by atoms with Gasteiger partial charge in [0, 0.05) is 18.2 Å². The second-order valence-electron chi connectivity index (χ2n) is 6.00. The summed E-state index contributed by atoms with van der Waals surface area (Å²) in [6.07, 6.45) is -0.421. The Morgan fingerprint density at radius 3 is 2.64 bits per heavy atom. The summed E-state index contributed by atoms with van der Waals surface area (Å²) in [5.41, 5.74) is 2.94. The maximum absolute atomic E-state index is 11.9. The lowest BCUT2D eigenvalue weighted by Gasteiger charge is -2.18. The summed E-state index contributed by atoms with van der Waals surface area (Å²) in [5, 5.41) is 15.1. The van der Waals surface area contributed by atoms with Crippen LogP contribution in [0.2, 0.25) is 0 Å². The Morgan fingerprint density at radius 1 is 1.16 bits per heavy atom. The minimum absolute atomic E-state index is 0.0340. The number of carboxylic acids is 1. The summed E-state index contributed by atoms with van der Waals surface area (Å²) < 4.78 is 5.11. The van der Waals surface area contributed by atoms with Gasteiger partial charge in [-0.2, -0.15) is 0 Å².